The van der Waals surface area contributed by atoms with Crippen molar-refractivity contribution in [1.29, 1.82) is 0 Å². The minimum Gasteiger partial charge on any atom is -0.485 e. The van der Waals surface area contributed by atoms with Crippen LogP contribution in [-0.4, -0.2) is 32.2 Å². The van der Waals surface area contributed by atoms with Crippen LogP contribution in [0.25, 0.3) is 0 Å². The molecule has 2 heterocycles. The fourth-order valence-corrected chi connectivity index (χ4v) is 3.44. The fraction of sp³-hybridized carbons (Fsp3) is 0.333. The third-order valence-electron chi connectivity index (χ3n) is 4.53. The number of benzene rings is 1. The molecule has 2 N–H and O–H groups in total. The highest BCUT2D eigenvalue weighted by Gasteiger charge is 2.45. The maximum atomic E-state index is 12.9. The molecule has 3 rings (SSSR count). The number of aliphatic hydroxyl groups is 1. The SMILES string of the molecule is CC(=O)Nc1cc(Cl)cn(C2c3cc([N+](=O)[O-])ccc3OC(C)(C)C2O)c1=O. The van der Waals surface area contributed by atoms with Crippen LogP contribution in [0.4, 0.5) is 11.4 Å². The highest BCUT2D eigenvalue weighted by molar-refractivity contribution is 6.30. The molecule has 0 bridgehead atoms. The van der Waals surface area contributed by atoms with Crippen molar-refractivity contribution in [2.75, 3.05) is 5.32 Å². The summed E-state index contributed by atoms with van der Waals surface area (Å²) in [5.74, 6) is -0.159. The van der Waals surface area contributed by atoms with Gasteiger partial charge in [-0.15, -0.1) is 0 Å². The summed E-state index contributed by atoms with van der Waals surface area (Å²) in [4.78, 5) is 35.0. The van der Waals surface area contributed by atoms with Crippen LogP contribution >= 0.6 is 11.6 Å². The first kappa shape index (κ1) is 19.8. The van der Waals surface area contributed by atoms with Crippen molar-refractivity contribution in [3.05, 3.63) is 61.5 Å². The second kappa shape index (κ2) is 6.92. The molecular weight excluding hydrogens is 390 g/mol. The van der Waals surface area contributed by atoms with Gasteiger partial charge >= 0.3 is 0 Å². The van der Waals surface area contributed by atoms with Gasteiger partial charge in [-0.05, 0) is 26.0 Å². The lowest BCUT2D eigenvalue weighted by Crippen LogP contribution is -2.52. The Hall–Kier alpha value is -2.91. The number of halogens is 1. The van der Waals surface area contributed by atoms with Gasteiger partial charge in [0.1, 0.15) is 23.1 Å². The van der Waals surface area contributed by atoms with E-state index in [1.807, 2.05) is 0 Å². The van der Waals surface area contributed by atoms with E-state index in [9.17, 15) is 24.8 Å². The normalized spacial score (nSPS) is 20.0. The van der Waals surface area contributed by atoms with Crippen LogP contribution in [-0.2, 0) is 4.79 Å². The number of carbonyl (C=O) groups excluding carboxylic acids is 1. The second-order valence-corrected chi connectivity index (χ2v) is 7.48. The van der Waals surface area contributed by atoms with Gasteiger partial charge in [-0.3, -0.25) is 19.7 Å². The third-order valence-corrected chi connectivity index (χ3v) is 4.73. The summed E-state index contributed by atoms with van der Waals surface area (Å²) in [7, 11) is 0. The molecular formula is C18H18ClN3O6. The van der Waals surface area contributed by atoms with E-state index >= 15 is 0 Å². The Morgan fingerprint density at radius 2 is 2.07 bits per heavy atom. The zero-order valence-corrected chi connectivity index (χ0v) is 16.1. The van der Waals surface area contributed by atoms with Crippen molar-refractivity contribution in [2.24, 2.45) is 0 Å². The second-order valence-electron chi connectivity index (χ2n) is 7.04. The highest BCUT2D eigenvalue weighted by atomic mass is 35.5. The van der Waals surface area contributed by atoms with Gasteiger partial charge in [0.05, 0.1) is 16.0 Å². The Balaban J connectivity index is 2.27. The molecule has 148 valence electrons. The van der Waals surface area contributed by atoms with Crippen LogP contribution in [0.2, 0.25) is 5.02 Å². The maximum absolute atomic E-state index is 12.9. The summed E-state index contributed by atoms with van der Waals surface area (Å²) >= 11 is 6.12. The summed E-state index contributed by atoms with van der Waals surface area (Å²) in [6, 6.07) is 4.25. The van der Waals surface area contributed by atoms with Crippen LogP contribution in [0.5, 0.6) is 5.75 Å². The molecule has 0 saturated carbocycles. The molecule has 0 radical (unpaired) electrons. The lowest BCUT2D eigenvalue weighted by molar-refractivity contribution is -0.385. The van der Waals surface area contributed by atoms with Crippen molar-refractivity contribution in [3.63, 3.8) is 0 Å². The third kappa shape index (κ3) is 3.46. The maximum Gasteiger partial charge on any atom is 0.275 e. The predicted octanol–water partition coefficient (Wildman–Crippen LogP) is 2.49. The van der Waals surface area contributed by atoms with E-state index in [0.717, 1.165) is 4.57 Å². The van der Waals surface area contributed by atoms with E-state index in [2.05, 4.69) is 5.32 Å². The van der Waals surface area contributed by atoms with Gasteiger partial charge in [-0.2, -0.15) is 0 Å². The number of hydrogen-bond donors (Lipinski definition) is 2. The van der Waals surface area contributed by atoms with Gasteiger partial charge in [0.15, 0.2) is 0 Å². The molecule has 1 amide bonds. The Kier molecular flexibility index (Phi) is 4.90. The summed E-state index contributed by atoms with van der Waals surface area (Å²) in [5, 5.41) is 24.7. The number of nitrogens with zero attached hydrogens (tertiary/aromatic N) is 2. The Labute approximate surface area is 164 Å². The fourth-order valence-electron chi connectivity index (χ4n) is 3.22. The Morgan fingerprint density at radius 1 is 1.39 bits per heavy atom. The minimum absolute atomic E-state index is 0.0662. The lowest BCUT2D eigenvalue weighted by atomic mass is 9.86. The number of carbonyl (C=O) groups is 1. The number of non-ortho nitro benzene ring substituents is 1. The van der Waals surface area contributed by atoms with E-state index < -0.39 is 34.1 Å². The van der Waals surface area contributed by atoms with E-state index in [4.69, 9.17) is 16.3 Å². The molecule has 28 heavy (non-hydrogen) atoms. The molecule has 1 aromatic carbocycles. The van der Waals surface area contributed by atoms with Crippen LogP contribution in [0.15, 0.2) is 35.3 Å². The Morgan fingerprint density at radius 3 is 2.68 bits per heavy atom. The monoisotopic (exact) mass is 407 g/mol. The van der Waals surface area contributed by atoms with Crippen molar-refractivity contribution in [2.45, 2.75) is 38.5 Å². The molecule has 0 spiro atoms. The van der Waals surface area contributed by atoms with Gasteiger partial charge in [-0.1, -0.05) is 11.6 Å². The van der Waals surface area contributed by atoms with E-state index in [1.54, 1.807) is 13.8 Å². The number of hydrogen-bond acceptors (Lipinski definition) is 6. The van der Waals surface area contributed by atoms with Crippen LogP contribution in [0.1, 0.15) is 32.4 Å². The van der Waals surface area contributed by atoms with Crippen LogP contribution in [0.3, 0.4) is 0 Å². The number of nitro benzene ring substituents is 1. The minimum atomic E-state index is -1.23. The zero-order valence-electron chi connectivity index (χ0n) is 15.3. The quantitative estimate of drug-likeness (QED) is 0.595. The van der Waals surface area contributed by atoms with E-state index in [-0.39, 0.29) is 22.0 Å². The molecule has 1 aliphatic heterocycles. The summed E-state index contributed by atoms with van der Waals surface area (Å²) < 4.78 is 6.95. The molecule has 2 atom stereocenters. The van der Waals surface area contributed by atoms with Gasteiger partial charge in [-0.25, -0.2) is 0 Å². The van der Waals surface area contributed by atoms with Gasteiger partial charge in [0, 0.05) is 30.8 Å². The molecule has 2 aromatic rings. The number of ether oxygens (including phenoxy) is 1. The molecule has 10 heteroatoms. The van der Waals surface area contributed by atoms with Crippen molar-refractivity contribution < 1.29 is 19.6 Å². The van der Waals surface area contributed by atoms with Gasteiger partial charge in [0.25, 0.3) is 11.2 Å². The van der Waals surface area contributed by atoms with Crippen molar-refractivity contribution in [1.82, 2.24) is 4.57 Å². The largest absolute Gasteiger partial charge is 0.485 e. The molecule has 0 aliphatic carbocycles. The van der Waals surface area contributed by atoms with Gasteiger partial charge < -0.3 is 19.7 Å². The highest BCUT2D eigenvalue weighted by Crippen LogP contribution is 2.43. The molecule has 0 fully saturated rings. The lowest BCUT2D eigenvalue weighted by Gasteiger charge is -2.42. The first-order chi connectivity index (χ1) is 13.0. The van der Waals surface area contributed by atoms with Crippen molar-refractivity contribution in [3.8, 4) is 5.75 Å². The number of aliphatic hydroxyl groups excluding tert-OH is 1. The standard InChI is InChI=1S/C18H18ClN3O6/c1-9(23)20-13-6-10(19)8-21(17(13)25)15-12-7-11(22(26)27)4-5-14(12)28-18(2,3)16(15)24/h4-8,15-16,24H,1-3H3,(H,20,23). The van der Waals surface area contributed by atoms with E-state index in [0.29, 0.717) is 5.75 Å². The summed E-state index contributed by atoms with van der Waals surface area (Å²) in [5.41, 5.74) is -1.72. The predicted molar refractivity (Wildman–Crippen MR) is 102 cm³/mol. The molecule has 9 nitrogen and oxygen atoms in total. The smallest absolute Gasteiger partial charge is 0.275 e. The summed E-state index contributed by atoms with van der Waals surface area (Å²) in [6.07, 6.45) is 0.0796. The number of anilines is 1. The number of rotatable bonds is 3. The first-order valence-corrected chi connectivity index (χ1v) is 8.74. The van der Waals surface area contributed by atoms with Crippen LogP contribution < -0.4 is 15.6 Å². The number of nitrogens with one attached hydrogen (secondary N) is 1. The van der Waals surface area contributed by atoms with Crippen LogP contribution in [0, 0.1) is 10.1 Å². The average Bonchev–Trinajstić information content (AvgIpc) is 2.58. The molecule has 1 aliphatic rings. The topological polar surface area (TPSA) is 124 Å². The van der Waals surface area contributed by atoms with Crippen molar-refractivity contribution >= 4 is 28.9 Å². The molecule has 2 unspecified atom stereocenters. The number of aromatic nitrogens is 1. The van der Waals surface area contributed by atoms with E-state index in [1.165, 1.54) is 37.4 Å². The van der Waals surface area contributed by atoms with Gasteiger partial charge in [0.2, 0.25) is 5.91 Å². The number of fused-ring (bicyclic) bond motifs is 1. The summed E-state index contributed by atoms with van der Waals surface area (Å²) in [6.45, 7) is 4.52. The number of pyridine rings is 1. The Bertz CT molecular complexity index is 1030. The zero-order chi connectivity index (χ0) is 20.8. The first-order valence-electron chi connectivity index (χ1n) is 8.36. The molecule has 1 aromatic heterocycles. The molecule has 0 saturated heterocycles. The number of nitro groups is 1. The average molecular weight is 408 g/mol. The number of amides is 1.